The number of amides is 2. The molecule has 5 heteroatoms. The highest BCUT2D eigenvalue weighted by Crippen LogP contribution is 2.11. The van der Waals surface area contributed by atoms with Gasteiger partial charge in [-0.1, -0.05) is 60.7 Å². The summed E-state index contributed by atoms with van der Waals surface area (Å²) in [5.41, 5.74) is 7.67. The van der Waals surface area contributed by atoms with Crippen molar-refractivity contribution in [2.24, 2.45) is 11.7 Å². The van der Waals surface area contributed by atoms with Gasteiger partial charge in [0, 0.05) is 31.8 Å². The van der Waals surface area contributed by atoms with Crippen molar-refractivity contribution < 1.29 is 14.5 Å². The third-order valence-electron chi connectivity index (χ3n) is 5.28. The van der Waals surface area contributed by atoms with Crippen molar-refractivity contribution in [1.29, 1.82) is 0 Å². The molecule has 27 heavy (non-hydrogen) atoms. The Hall–Kier alpha value is -2.66. The molecule has 0 saturated carbocycles. The Kier molecular flexibility index (Phi) is 6.60. The number of rotatable bonds is 7. The first-order valence-corrected chi connectivity index (χ1v) is 9.60. The Balaban J connectivity index is 1.64. The second kappa shape index (κ2) is 9.33. The van der Waals surface area contributed by atoms with E-state index in [0.29, 0.717) is 19.6 Å². The van der Waals surface area contributed by atoms with Crippen LogP contribution in [0.1, 0.15) is 24.0 Å². The third kappa shape index (κ3) is 5.66. The van der Waals surface area contributed by atoms with Gasteiger partial charge >= 0.3 is 0 Å². The van der Waals surface area contributed by atoms with Gasteiger partial charge in [-0.15, -0.1) is 0 Å². The van der Waals surface area contributed by atoms with Crippen LogP contribution in [-0.2, 0) is 22.7 Å². The molecule has 0 aliphatic carbocycles. The number of hydrogen-bond acceptors (Lipinski definition) is 2. The van der Waals surface area contributed by atoms with Crippen LogP contribution in [0.15, 0.2) is 60.7 Å². The Bertz CT molecular complexity index is 699. The summed E-state index contributed by atoms with van der Waals surface area (Å²) in [5.74, 6) is -0.0982. The van der Waals surface area contributed by atoms with E-state index < -0.39 is 0 Å². The molecule has 142 valence electrons. The van der Waals surface area contributed by atoms with Crippen molar-refractivity contribution in [3.63, 3.8) is 0 Å². The number of nitrogens with one attached hydrogen (secondary N) is 1. The molecule has 5 nitrogen and oxygen atoms in total. The topological polar surface area (TPSA) is 67.8 Å². The molecular weight excluding hydrogens is 338 g/mol. The van der Waals surface area contributed by atoms with Crippen molar-refractivity contribution in [3.05, 3.63) is 71.8 Å². The van der Waals surface area contributed by atoms with Gasteiger partial charge in [-0.25, -0.2) is 0 Å². The molecule has 0 unspecified atom stereocenters. The van der Waals surface area contributed by atoms with E-state index >= 15 is 0 Å². The first-order valence-electron chi connectivity index (χ1n) is 9.60. The van der Waals surface area contributed by atoms with E-state index in [4.69, 9.17) is 5.73 Å². The predicted octanol–water partition coefficient (Wildman–Crippen LogP) is 0.996. The highest BCUT2D eigenvalue weighted by molar-refractivity contribution is 5.77. The van der Waals surface area contributed by atoms with Gasteiger partial charge in [0.2, 0.25) is 5.91 Å². The second-order valence-electron chi connectivity index (χ2n) is 7.32. The second-order valence-corrected chi connectivity index (χ2v) is 7.32. The fraction of sp³-hybridized carbons (Fsp3) is 0.364. The Morgan fingerprint density at radius 1 is 0.889 bits per heavy atom. The van der Waals surface area contributed by atoms with Crippen LogP contribution in [0.25, 0.3) is 0 Å². The summed E-state index contributed by atoms with van der Waals surface area (Å²) < 4.78 is 0. The zero-order chi connectivity index (χ0) is 19.1. The Morgan fingerprint density at radius 3 is 1.81 bits per heavy atom. The van der Waals surface area contributed by atoms with Crippen LogP contribution in [0.5, 0.6) is 0 Å². The first-order chi connectivity index (χ1) is 13.1. The Labute approximate surface area is 160 Å². The van der Waals surface area contributed by atoms with Crippen LogP contribution in [0.2, 0.25) is 0 Å². The summed E-state index contributed by atoms with van der Waals surface area (Å²) >= 11 is 0. The lowest BCUT2D eigenvalue weighted by Gasteiger charge is -2.30. The van der Waals surface area contributed by atoms with Crippen molar-refractivity contribution in [3.8, 4) is 0 Å². The molecule has 0 atom stereocenters. The van der Waals surface area contributed by atoms with E-state index in [2.05, 4.69) is 24.3 Å². The molecular formula is C22H28N3O2+. The van der Waals surface area contributed by atoms with Gasteiger partial charge in [0.15, 0.2) is 6.54 Å². The number of carbonyl (C=O) groups is 2. The summed E-state index contributed by atoms with van der Waals surface area (Å²) in [6, 6.07) is 20.2. The summed E-state index contributed by atoms with van der Waals surface area (Å²) in [5, 5.41) is 0. The smallest absolute Gasteiger partial charge is 0.278 e. The fourth-order valence-corrected chi connectivity index (χ4v) is 3.65. The molecule has 2 amide bonds. The van der Waals surface area contributed by atoms with Gasteiger partial charge in [0.25, 0.3) is 5.91 Å². The number of nitrogens with two attached hydrogens (primary N) is 1. The van der Waals surface area contributed by atoms with Crippen molar-refractivity contribution in [2.45, 2.75) is 25.9 Å². The lowest BCUT2D eigenvalue weighted by Crippen LogP contribution is -3.14. The number of hydrogen-bond donors (Lipinski definition) is 2. The zero-order valence-electron chi connectivity index (χ0n) is 15.6. The zero-order valence-corrected chi connectivity index (χ0v) is 15.6. The van der Waals surface area contributed by atoms with Crippen molar-refractivity contribution in [2.75, 3.05) is 19.6 Å². The maximum atomic E-state index is 13.0. The van der Waals surface area contributed by atoms with Gasteiger partial charge in [-0.05, 0) is 11.1 Å². The SMILES string of the molecule is NC(=O)C1CC[NH+](CC(=O)N(Cc2ccccc2)Cc2ccccc2)CC1. The molecule has 2 aromatic carbocycles. The van der Waals surface area contributed by atoms with Crippen LogP contribution in [0, 0.1) is 5.92 Å². The van der Waals surface area contributed by atoms with Gasteiger partial charge in [-0.2, -0.15) is 0 Å². The van der Waals surface area contributed by atoms with E-state index in [-0.39, 0.29) is 17.7 Å². The lowest BCUT2D eigenvalue weighted by atomic mass is 9.96. The molecule has 0 spiro atoms. The maximum absolute atomic E-state index is 13.0. The predicted molar refractivity (Wildman–Crippen MR) is 105 cm³/mol. The van der Waals surface area contributed by atoms with Crippen molar-refractivity contribution in [1.82, 2.24) is 4.90 Å². The van der Waals surface area contributed by atoms with E-state index in [9.17, 15) is 9.59 Å². The van der Waals surface area contributed by atoms with E-state index in [1.54, 1.807) is 0 Å². The molecule has 1 aliphatic rings. The summed E-state index contributed by atoms with van der Waals surface area (Å²) in [7, 11) is 0. The number of likely N-dealkylation sites (tertiary alicyclic amines) is 1. The van der Waals surface area contributed by atoms with Crippen LogP contribution in [0.4, 0.5) is 0 Å². The minimum atomic E-state index is -0.213. The van der Waals surface area contributed by atoms with E-state index in [1.807, 2.05) is 41.3 Å². The third-order valence-corrected chi connectivity index (χ3v) is 5.28. The molecule has 0 bridgehead atoms. The van der Waals surface area contributed by atoms with Crippen LogP contribution < -0.4 is 10.6 Å². The molecule has 2 aromatic rings. The average molecular weight is 366 g/mol. The number of quaternary nitrogens is 1. The molecule has 3 rings (SSSR count). The van der Waals surface area contributed by atoms with Crippen LogP contribution in [-0.4, -0.2) is 36.3 Å². The fourth-order valence-electron chi connectivity index (χ4n) is 3.65. The maximum Gasteiger partial charge on any atom is 0.278 e. The lowest BCUT2D eigenvalue weighted by molar-refractivity contribution is -0.898. The number of benzene rings is 2. The van der Waals surface area contributed by atoms with Gasteiger partial charge in [0.1, 0.15) is 0 Å². The van der Waals surface area contributed by atoms with Crippen LogP contribution >= 0.6 is 0 Å². The first kappa shape index (κ1) is 19.1. The van der Waals surface area contributed by atoms with Gasteiger partial charge < -0.3 is 15.5 Å². The van der Waals surface area contributed by atoms with Crippen molar-refractivity contribution >= 4 is 11.8 Å². The normalized spacial score (nSPS) is 19.4. The number of piperidine rings is 1. The summed E-state index contributed by atoms with van der Waals surface area (Å²) in [6.07, 6.45) is 1.55. The number of primary amides is 1. The summed E-state index contributed by atoms with van der Waals surface area (Å²) in [6.45, 7) is 3.32. The minimum Gasteiger partial charge on any atom is -0.369 e. The standard InChI is InChI=1S/C22H27N3O2/c23-22(27)20-11-13-24(14-12-20)17-21(26)25(15-18-7-3-1-4-8-18)16-19-9-5-2-6-10-19/h1-10,20H,11-17H2,(H2,23,27)/p+1. The minimum absolute atomic E-state index is 0.0337. The van der Waals surface area contributed by atoms with Gasteiger partial charge in [-0.3, -0.25) is 9.59 Å². The quantitative estimate of drug-likeness (QED) is 0.768. The molecule has 1 heterocycles. The molecule has 1 aliphatic heterocycles. The average Bonchev–Trinajstić information content (AvgIpc) is 2.69. The Morgan fingerprint density at radius 2 is 1.37 bits per heavy atom. The highest BCUT2D eigenvalue weighted by Gasteiger charge is 2.28. The largest absolute Gasteiger partial charge is 0.369 e. The molecule has 0 radical (unpaired) electrons. The molecule has 3 N–H and O–H groups in total. The molecule has 0 aromatic heterocycles. The summed E-state index contributed by atoms with van der Waals surface area (Å²) in [4.78, 5) is 27.6. The molecule has 1 fully saturated rings. The van der Waals surface area contributed by atoms with E-state index in [0.717, 1.165) is 37.1 Å². The van der Waals surface area contributed by atoms with Crippen LogP contribution in [0.3, 0.4) is 0 Å². The van der Waals surface area contributed by atoms with Gasteiger partial charge in [0.05, 0.1) is 13.1 Å². The monoisotopic (exact) mass is 366 g/mol. The van der Waals surface area contributed by atoms with E-state index in [1.165, 1.54) is 4.90 Å². The number of carbonyl (C=O) groups excluding carboxylic acids is 2. The number of nitrogens with zero attached hydrogens (tertiary/aromatic N) is 1. The highest BCUT2D eigenvalue weighted by atomic mass is 16.2. The molecule has 1 saturated heterocycles.